The van der Waals surface area contributed by atoms with Crippen LogP contribution in [0.25, 0.3) is 0 Å². The fourth-order valence-electron chi connectivity index (χ4n) is 2.30. The van der Waals surface area contributed by atoms with E-state index in [1.54, 1.807) is 0 Å². The Labute approximate surface area is 71.8 Å². The summed E-state index contributed by atoms with van der Waals surface area (Å²) in [5, 5.41) is 8.79. The fourth-order valence-corrected chi connectivity index (χ4v) is 2.30. The van der Waals surface area contributed by atoms with Gasteiger partial charge in [-0.25, -0.2) is 0 Å². The van der Waals surface area contributed by atoms with Crippen molar-refractivity contribution < 1.29 is 14.7 Å². The highest BCUT2D eigenvalue weighted by molar-refractivity contribution is 5.83. The third-order valence-electron chi connectivity index (χ3n) is 3.26. The van der Waals surface area contributed by atoms with Gasteiger partial charge in [0, 0.05) is 5.92 Å². The molecule has 1 rings (SSSR count). The zero-order chi connectivity index (χ0) is 9.35. The summed E-state index contributed by atoms with van der Waals surface area (Å²) in [6, 6.07) is 0. The molecule has 0 aromatic heterocycles. The summed E-state index contributed by atoms with van der Waals surface area (Å²) in [5.41, 5.74) is -0.229. The highest BCUT2D eigenvalue weighted by Gasteiger charge is 2.65. The van der Waals surface area contributed by atoms with Crippen LogP contribution in [0.15, 0.2) is 0 Å². The zero-order valence-electron chi connectivity index (χ0n) is 7.41. The van der Waals surface area contributed by atoms with Gasteiger partial charge in [0.15, 0.2) is 0 Å². The van der Waals surface area contributed by atoms with Gasteiger partial charge in [-0.15, -0.1) is 0 Å². The lowest BCUT2D eigenvalue weighted by Crippen LogP contribution is -2.08. The number of carboxylic acid groups (broad SMARTS) is 1. The molecule has 0 spiro atoms. The number of aliphatic carboxylic acids is 1. The molecule has 2 atom stereocenters. The van der Waals surface area contributed by atoms with Crippen molar-refractivity contribution in [3.8, 4) is 0 Å². The highest BCUT2D eigenvalue weighted by Crippen LogP contribution is 2.62. The molecule has 1 fully saturated rings. The maximum atomic E-state index is 10.7. The first-order chi connectivity index (χ1) is 5.64. The molecule has 2 unspecified atom stereocenters. The van der Waals surface area contributed by atoms with Gasteiger partial charge < -0.3 is 9.90 Å². The van der Waals surface area contributed by atoms with Crippen molar-refractivity contribution in [2.24, 2.45) is 17.3 Å². The van der Waals surface area contributed by atoms with E-state index < -0.39 is 11.9 Å². The molecule has 1 aliphatic carbocycles. The molecule has 0 heterocycles. The standard InChI is InChI=1S/C9H14O3/c1-3-9(4-2)6(5-10)7(9)8(11)12/h5-7H,3-4H2,1-2H3,(H,11,12). The SMILES string of the molecule is CCC1(CC)C(C=O)C1C(=O)O. The van der Waals surface area contributed by atoms with Crippen LogP contribution >= 0.6 is 0 Å². The van der Waals surface area contributed by atoms with Crippen LogP contribution in [-0.2, 0) is 9.59 Å². The second-order valence-corrected chi connectivity index (χ2v) is 3.42. The molecule has 68 valence electrons. The lowest BCUT2D eigenvalue weighted by Gasteiger charge is -2.09. The van der Waals surface area contributed by atoms with E-state index in [9.17, 15) is 9.59 Å². The first-order valence-electron chi connectivity index (χ1n) is 4.32. The van der Waals surface area contributed by atoms with E-state index in [-0.39, 0.29) is 11.3 Å². The van der Waals surface area contributed by atoms with Gasteiger partial charge in [0.25, 0.3) is 0 Å². The number of hydrogen-bond donors (Lipinski definition) is 1. The number of aldehydes is 1. The quantitative estimate of drug-likeness (QED) is 0.647. The van der Waals surface area contributed by atoms with Gasteiger partial charge in [-0.3, -0.25) is 4.79 Å². The Kier molecular flexibility index (Phi) is 2.22. The first kappa shape index (κ1) is 9.23. The molecular weight excluding hydrogens is 156 g/mol. The molecule has 3 nitrogen and oxygen atoms in total. The molecule has 1 N–H and O–H groups in total. The maximum Gasteiger partial charge on any atom is 0.307 e. The fraction of sp³-hybridized carbons (Fsp3) is 0.778. The number of rotatable bonds is 4. The van der Waals surface area contributed by atoms with Crippen LogP contribution in [0.1, 0.15) is 26.7 Å². The molecule has 0 aromatic rings. The van der Waals surface area contributed by atoms with Crippen LogP contribution in [-0.4, -0.2) is 17.4 Å². The topological polar surface area (TPSA) is 54.4 Å². The molecule has 0 saturated heterocycles. The molecule has 0 bridgehead atoms. The average molecular weight is 170 g/mol. The second-order valence-electron chi connectivity index (χ2n) is 3.42. The van der Waals surface area contributed by atoms with Crippen LogP contribution in [0, 0.1) is 17.3 Å². The Balaban J connectivity index is 2.80. The predicted octanol–water partition coefficient (Wildman–Crippen LogP) is 1.32. The van der Waals surface area contributed by atoms with Gasteiger partial charge in [-0.2, -0.15) is 0 Å². The normalized spacial score (nSPS) is 31.2. The molecule has 1 aliphatic rings. The third kappa shape index (κ3) is 0.958. The van der Waals surface area contributed by atoms with Crippen LogP contribution in [0.3, 0.4) is 0 Å². The molecular formula is C9H14O3. The molecule has 12 heavy (non-hydrogen) atoms. The Morgan fingerprint density at radius 1 is 1.50 bits per heavy atom. The summed E-state index contributed by atoms with van der Waals surface area (Å²) in [6.07, 6.45) is 2.36. The molecule has 0 amide bonds. The van der Waals surface area contributed by atoms with E-state index in [4.69, 9.17) is 5.11 Å². The van der Waals surface area contributed by atoms with Crippen molar-refractivity contribution in [1.82, 2.24) is 0 Å². The molecule has 1 saturated carbocycles. The van der Waals surface area contributed by atoms with Crippen LogP contribution in [0.2, 0.25) is 0 Å². The van der Waals surface area contributed by atoms with Crippen LogP contribution in [0.4, 0.5) is 0 Å². The third-order valence-corrected chi connectivity index (χ3v) is 3.26. The van der Waals surface area contributed by atoms with Crippen molar-refractivity contribution >= 4 is 12.3 Å². The van der Waals surface area contributed by atoms with Crippen LogP contribution < -0.4 is 0 Å². The lowest BCUT2D eigenvalue weighted by molar-refractivity contribution is -0.140. The second kappa shape index (κ2) is 2.88. The Morgan fingerprint density at radius 3 is 2.08 bits per heavy atom. The summed E-state index contributed by atoms with van der Waals surface area (Å²) in [5.74, 6) is -1.49. The molecule has 0 aromatic carbocycles. The highest BCUT2D eigenvalue weighted by atomic mass is 16.4. The predicted molar refractivity (Wildman–Crippen MR) is 43.7 cm³/mol. The van der Waals surface area contributed by atoms with Gasteiger partial charge in [0.1, 0.15) is 6.29 Å². The largest absolute Gasteiger partial charge is 0.481 e. The molecule has 3 heteroatoms. The van der Waals surface area contributed by atoms with Crippen molar-refractivity contribution in [2.45, 2.75) is 26.7 Å². The summed E-state index contributed by atoms with van der Waals surface area (Å²) in [4.78, 5) is 21.3. The Bertz CT molecular complexity index is 206. The van der Waals surface area contributed by atoms with Crippen molar-refractivity contribution in [3.05, 3.63) is 0 Å². The van der Waals surface area contributed by atoms with E-state index in [2.05, 4.69) is 0 Å². The van der Waals surface area contributed by atoms with Gasteiger partial charge >= 0.3 is 5.97 Å². The Hall–Kier alpha value is -0.860. The van der Waals surface area contributed by atoms with E-state index in [0.29, 0.717) is 0 Å². The van der Waals surface area contributed by atoms with E-state index in [1.165, 1.54) is 0 Å². The first-order valence-corrected chi connectivity index (χ1v) is 4.32. The minimum absolute atomic E-state index is 0.229. The van der Waals surface area contributed by atoms with Gasteiger partial charge in [-0.05, 0) is 18.3 Å². The van der Waals surface area contributed by atoms with Gasteiger partial charge in [0.05, 0.1) is 5.92 Å². The molecule has 0 aliphatic heterocycles. The smallest absolute Gasteiger partial charge is 0.307 e. The summed E-state index contributed by atoms with van der Waals surface area (Å²) in [6.45, 7) is 3.89. The maximum absolute atomic E-state index is 10.7. The Morgan fingerprint density at radius 2 is 2.00 bits per heavy atom. The number of hydrogen-bond acceptors (Lipinski definition) is 2. The minimum Gasteiger partial charge on any atom is -0.481 e. The van der Waals surface area contributed by atoms with Gasteiger partial charge in [-0.1, -0.05) is 13.8 Å². The number of carboxylic acids is 1. The number of carbonyl (C=O) groups is 2. The monoisotopic (exact) mass is 170 g/mol. The van der Waals surface area contributed by atoms with E-state index >= 15 is 0 Å². The van der Waals surface area contributed by atoms with Crippen molar-refractivity contribution in [1.29, 1.82) is 0 Å². The van der Waals surface area contributed by atoms with Gasteiger partial charge in [0.2, 0.25) is 0 Å². The average Bonchev–Trinajstić information content (AvgIpc) is 2.73. The van der Waals surface area contributed by atoms with Crippen LogP contribution in [0.5, 0.6) is 0 Å². The lowest BCUT2D eigenvalue weighted by atomic mass is 9.95. The number of carbonyl (C=O) groups excluding carboxylic acids is 1. The zero-order valence-corrected chi connectivity index (χ0v) is 7.41. The minimum atomic E-state index is -0.823. The van der Waals surface area contributed by atoms with Crippen molar-refractivity contribution in [2.75, 3.05) is 0 Å². The summed E-state index contributed by atoms with van der Waals surface area (Å²) >= 11 is 0. The molecule has 0 radical (unpaired) electrons. The summed E-state index contributed by atoms with van der Waals surface area (Å²) in [7, 11) is 0. The summed E-state index contributed by atoms with van der Waals surface area (Å²) < 4.78 is 0. The van der Waals surface area contributed by atoms with E-state index in [0.717, 1.165) is 19.1 Å². The van der Waals surface area contributed by atoms with Crippen molar-refractivity contribution in [3.63, 3.8) is 0 Å². The van der Waals surface area contributed by atoms with E-state index in [1.807, 2.05) is 13.8 Å².